The molecule has 0 fully saturated rings. The van der Waals surface area contributed by atoms with E-state index in [2.05, 4.69) is 35.3 Å². The number of azo groups is 1. The van der Waals surface area contributed by atoms with Gasteiger partial charge in [0.1, 0.15) is 6.20 Å². The van der Waals surface area contributed by atoms with Crippen molar-refractivity contribution in [2.24, 2.45) is 27.0 Å². The van der Waals surface area contributed by atoms with Crippen molar-refractivity contribution in [1.29, 1.82) is 0 Å². The number of hydrogen-bond donors (Lipinski definition) is 2. The summed E-state index contributed by atoms with van der Waals surface area (Å²) in [5, 5.41) is 18.3. The molecule has 10 nitrogen and oxygen atoms in total. The van der Waals surface area contributed by atoms with Crippen LogP contribution in [0.5, 0.6) is 0 Å². The molecule has 0 bridgehead atoms. The second-order valence-electron chi connectivity index (χ2n) is 2.31. The van der Waals surface area contributed by atoms with Gasteiger partial charge in [-0.05, 0) is 15.5 Å². The van der Waals surface area contributed by atoms with Crippen LogP contribution in [0.15, 0.2) is 26.2 Å². The Balaban J connectivity index is 2.07. The maximum atomic E-state index is 5.40. The van der Waals surface area contributed by atoms with E-state index in [0.29, 0.717) is 0 Å². The van der Waals surface area contributed by atoms with Gasteiger partial charge in [0.2, 0.25) is 12.0 Å². The minimum Gasteiger partial charge on any atom is -0.381 e. The number of nitrogens with two attached hydrogens (primary N) is 2. The van der Waals surface area contributed by atoms with E-state index in [4.69, 9.17) is 11.6 Å². The summed E-state index contributed by atoms with van der Waals surface area (Å²) < 4.78 is 4.29. The number of hydroxylamine groups is 1. The third-order valence-corrected chi connectivity index (χ3v) is 1.37. The van der Waals surface area contributed by atoms with Crippen LogP contribution < -0.4 is 11.6 Å². The second kappa shape index (κ2) is 3.35. The molecular weight excluding hydrogens is 192 g/mol. The van der Waals surface area contributed by atoms with Gasteiger partial charge in [0.25, 0.3) is 0 Å². The maximum absolute atomic E-state index is 5.40. The van der Waals surface area contributed by atoms with E-state index in [1.807, 2.05) is 0 Å². The number of oxime groups is 1. The summed E-state index contributed by atoms with van der Waals surface area (Å²) in [6, 6.07) is 0. The Morgan fingerprint density at radius 2 is 2.43 bits per heavy atom. The van der Waals surface area contributed by atoms with Crippen molar-refractivity contribution >= 4 is 11.7 Å². The smallest absolute Gasteiger partial charge is 0.237 e. The molecule has 1 aromatic rings. The molecule has 4 N–H and O–H groups in total. The quantitative estimate of drug-likeness (QED) is 0.452. The molecule has 74 valence electrons. The van der Waals surface area contributed by atoms with Gasteiger partial charge in [-0.2, -0.15) is 5.11 Å². The standard InChI is InChI=1S/C4H6N8O2/c5-3-4(12(6)14-11-3)9-8-2-1-7-13-10-2/h1,4H,6H2,(H2,5,11). The molecule has 10 heteroatoms. The predicted molar refractivity (Wildman–Crippen MR) is 41.3 cm³/mol. The first-order chi connectivity index (χ1) is 6.77. The van der Waals surface area contributed by atoms with E-state index < -0.39 is 6.17 Å². The van der Waals surface area contributed by atoms with Crippen LogP contribution >= 0.6 is 0 Å². The van der Waals surface area contributed by atoms with Gasteiger partial charge in [-0.25, -0.2) is 10.5 Å². The highest BCUT2D eigenvalue weighted by molar-refractivity contribution is 5.85. The van der Waals surface area contributed by atoms with Crippen LogP contribution in [0, 0.1) is 0 Å². The number of hydrazine groups is 1. The molecule has 1 aliphatic rings. The Kier molecular flexibility index (Phi) is 2.04. The first-order valence-electron chi connectivity index (χ1n) is 3.50. The third-order valence-electron chi connectivity index (χ3n) is 1.37. The average Bonchev–Trinajstić information content (AvgIpc) is 2.76. The monoisotopic (exact) mass is 198 g/mol. The highest BCUT2D eigenvalue weighted by Crippen LogP contribution is 2.10. The summed E-state index contributed by atoms with van der Waals surface area (Å²) in [7, 11) is 0. The largest absolute Gasteiger partial charge is 0.381 e. The molecular formula is C4H6N8O2. The van der Waals surface area contributed by atoms with Gasteiger partial charge in [-0.15, -0.1) is 5.11 Å². The summed E-state index contributed by atoms with van der Waals surface area (Å²) in [4.78, 5) is 4.51. The van der Waals surface area contributed by atoms with Crippen molar-refractivity contribution in [3.8, 4) is 0 Å². The Bertz CT molecular complexity index is 357. The molecule has 0 radical (unpaired) electrons. The Morgan fingerprint density at radius 1 is 1.57 bits per heavy atom. The van der Waals surface area contributed by atoms with Crippen molar-refractivity contribution in [2.45, 2.75) is 6.17 Å². The highest BCUT2D eigenvalue weighted by Gasteiger charge is 2.27. The third kappa shape index (κ3) is 1.51. The maximum Gasteiger partial charge on any atom is 0.237 e. The summed E-state index contributed by atoms with van der Waals surface area (Å²) in [5.41, 5.74) is 5.40. The van der Waals surface area contributed by atoms with Crippen molar-refractivity contribution in [3.05, 3.63) is 6.20 Å². The van der Waals surface area contributed by atoms with Crippen LogP contribution in [0.1, 0.15) is 0 Å². The van der Waals surface area contributed by atoms with Gasteiger partial charge in [0, 0.05) is 0 Å². The molecule has 0 spiro atoms. The lowest BCUT2D eigenvalue weighted by Crippen LogP contribution is -2.41. The zero-order valence-electron chi connectivity index (χ0n) is 6.81. The van der Waals surface area contributed by atoms with Crippen molar-refractivity contribution in [2.75, 3.05) is 0 Å². The van der Waals surface area contributed by atoms with Crippen LogP contribution in [0.2, 0.25) is 0 Å². The van der Waals surface area contributed by atoms with E-state index >= 15 is 0 Å². The molecule has 0 saturated heterocycles. The number of amidine groups is 1. The van der Waals surface area contributed by atoms with Crippen molar-refractivity contribution in [3.63, 3.8) is 0 Å². The fourth-order valence-corrected chi connectivity index (χ4v) is 0.744. The number of aromatic nitrogens is 2. The Labute approximate surface area is 77.1 Å². The van der Waals surface area contributed by atoms with Gasteiger partial charge < -0.3 is 5.73 Å². The predicted octanol–water partition coefficient (Wildman–Crippen LogP) is -1.13. The van der Waals surface area contributed by atoms with E-state index in [9.17, 15) is 0 Å². The molecule has 2 rings (SSSR count). The lowest BCUT2D eigenvalue weighted by molar-refractivity contribution is -0.154. The topological polar surface area (TPSA) is 141 Å². The number of hydrogen-bond acceptors (Lipinski definition) is 10. The molecule has 0 saturated carbocycles. The normalized spacial score (nSPS) is 22.6. The highest BCUT2D eigenvalue weighted by atomic mass is 16.8. The lowest BCUT2D eigenvalue weighted by atomic mass is 10.5. The fraction of sp³-hybridized carbons (Fsp3) is 0.250. The van der Waals surface area contributed by atoms with E-state index in [1.165, 1.54) is 6.20 Å². The first-order valence-corrected chi connectivity index (χ1v) is 3.50. The van der Waals surface area contributed by atoms with E-state index in [1.54, 1.807) is 0 Å². The SMILES string of the molecule is NC1=NON(N)C1N=Nc1cnon1. The second-order valence-corrected chi connectivity index (χ2v) is 2.31. The van der Waals surface area contributed by atoms with Gasteiger partial charge in [-0.1, -0.05) is 5.16 Å². The minimum atomic E-state index is -0.758. The van der Waals surface area contributed by atoms with Gasteiger partial charge in [0.05, 0.1) is 0 Å². The minimum absolute atomic E-state index is 0.104. The number of rotatable bonds is 2. The zero-order valence-corrected chi connectivity index (χ0v) is 6.81. The van der Waals surface area contributed by atoms with Crippen molar-refractivity contribution in [1.82, 2.24) is 15.5 Å². The molecule has 14 heavy (non-hydrogen) atoms. The molecule has 1 atom stereocenters. The number of nitrogens with zero attached hydrogens (tertiary/aromatic N) is 6. The average molecular weight is 198 g/mol. The van der Waals surface area contributed by atoms with Crippen LogP contribution in [0.3, 0.4) is 0 Å². The van der Waals surface area contributed by atoms with E-state index in [-0.39, 0.29) is 11.7 Å². The van der Waals surface area contributed by atoms with Gasteiger partial charge >= 0.3 is 0 Å². The molecule has 1 unspecified atom stereocenters. The van der Waals surface area contributed by atoms with Crippen LogP contribution in [0.4, 0.5) is 5.82 Å². The van der Waals surface area contributed by atoms with Crippen LogP contribution in [-0.4, -0.2) is 27.5 Å². The lowest BCUT2D eigenvalue weighted by Gasteiger charge is -2.08. The molecule has 1 aliphatic heterocycles. The molecule has 0 amide bonds. The summed E-state index contributed by atoms with van der Waals surface area (Å²) in [6.45, 7) is 0. The molecule has 0 aromatic carbocycles. The van der Waals surface area contributed by atoms with Crippen LogP contribution in [-0.2, 0) is 4.94 Å². The zero-order chi connectivity index (χ0) is 9.97. The van der Waals surface area contributed by atoms with E-state index in [0.717, 1.165) is 5.17 Å². The Hall–Kier alpha value is -2.07. The summed E-state index contributed by atoms with van der Waals surface area (Å²) in [6.07, 6.45) is 0.528. The molecule has 0 aliphatic carbocycles. The molecule has 2 heterocycles. The fourth-order valence-electron chi connectivity index (χ4n) is 0.744. The van der Waals surface area contributed by atoms with Crippen molar-refractivity contribution < 1.29 is 9.57 Å². The summed E-state index contributed by atoms with van der Waals surface area (Å²) >= 11 is 0. The Morgan fingerprint density at radius 3 is 3.00 bits per heavy atom. The first kappa shape index (κ1) is 8.52. The van der Waals surface area contributed by atoms with Crippen LogP contribution in [0.25, 0.3) is 0 Å². The molecule has 1 aromatic heterocycles. The van der Waals surface area contributed by atoms with Gasteiger partial charge in [0.15, 0.2) is 5.84 Å². The summed E-state index contributed by atoms with van der Waals surface area (Å²) in [5.74, 6) is 5.62. The van der Waals surface area contributed by atoms with Gasteiger partial charge in [-0.3, -0.25) is 4.94 Å².